The number of aromatic nitrogens is 1. The number of likely N-dealkylation sites (tertiary alicyclic amines) is 1. The molecular weight excluding hydrogens is 316 g/mol. The molecule has 122 valence electrons. The van der Waals surface area contributed by atoms with Crippen molar-refractivity contribution in [2.75, 3.05) is 6.54 Å². The molecule has 2 amide bonds. The number of carbonyl (C=O) groups excluding carboxylic acids is 2. The van der Waals surface area contributed by atoms with Gasteiger partial charge in [-0.1, -0.05) is 11.6 Å². The van der Waals surface area contributed by atoms with Gasteiger partial charge in [0.25, 0.3) is 0 Å². The van der Waals surface area contributed by atoms with Gasteiger partial charge in [-0.3, -0.25) is 9.59 Å². The smallest absolute Gasteiger partial charge is 0.240 e. The van der Waals surface area contributed by atoms with Gasteiger partial charge in [0.2, 0.25) is 11.8 Å². The highest BCUT2D eigenvalue weighted by Gasteiger charge is 2.36. The molecule has 5 N–H and O–H groups in total. The molecular formula is C16H19ClN4O2. The summed E-state index contributed by atoms with van der Waals surface area (Å²) in [7, 11) is 0. The third-order valence-electron chi connectivity index (χ3n) is 4.32. The fraction of sp³-hybridized carbons (Fsp3) is 0.375. The molecule has 1 saturated heterocycles. The number of aromatic amines is 1. The Morgan fingerprint density at radius 3 is 2.91 bits per heavy atom. The van der Waals surface area contributed by atoms with E-state index in [0.29, 0.717) is 30.8 Å². The Morgan fingerprint density at radius 2 is 2.17 bits per heavy atom. The van der Waals surface area contributed by atoms with E-state index in [1.165, 1.54) is 4.90 Å². The van der Waals surface area contributed by atoms with Gasteiger partial charge in [0.1, 0.15) is 6.04 Å². The van der Waals surface area contributed by atoms with E-state index in [0.717, 1.165) is 16.5 Å². The highest BCUT2D eigenvalue weighted by Crippen LogP contribution is 2.24. The lowest BCUT2D eigenvalue weighted by atomic mass is 10.1. The maximum atomic E-state index is 12.4. The predicted molar refractivity (Wildman–Crippen MR) is 88.9 cm³/mol. The molecule has 1 aromatic carbocycles. The second kappa shape index (κ2) is 6.22. The quantitative estimate of drug-likeness (QED) is 0.781. The van der Waals surface area contributed by atoms with Crippen LogP contribution in [0.5, 0.6) is 0 Å². The maximum absolute atomic E-state index is 12.4. The number of nitrogens with zero attached hydrogens (tertiary/aromatic N) is 1. The molecule has 1 aromatic heterocycles. The number of nitrogens with two attached hydrogens (primary N) is 2. The van der Waals surface area contributed by atoms with Gasteiger partial charge in [-0.25, -0.2) is 0 Å². The normalized spacial score (nSPS) is 21.0. The van der Waals surface area contributed by atoms with Crippen molar-refractivity contribution in [3.05, 3.63) is 35.0 Å². The summed E-state index contributed by atoms with van der Waals surface area (Å²) >= 11 is 6.03. The molecule has 1 aliphatic heterocycles. The zero-order valence-corrected chi connectivity index (χ0v) is 13.3. The van der Waals surface area contributed by atoms with Gasteiger partial charge in [-0.2, -0.15) is 0 Å². The molecule has 0 bridgehead atoms. The predicted octanol–water partition coefficient (Wildman–Crippen LogP) is 1.17. The van der Waals surface area contributed by atoms with Crippen molar-refractivity contribution in [1.82, 2.24) is 9.88 Å². The Balaban J connectivity index is 1.71. The van der Waals surface area contributed by atoms with Gasteiger partial charge in [0.15, 0.2) is 0 Å². The van der Waals surface area contributed by atoms with E-state index in [2.05, 4.69) is 4.98 Å². The number of aryl methyl sites for hydroxylation is 1. The Labute approximate surface area is 138 Å². The first-order valence-electron chi connectivity index (χ1n) is 7.55. The number of amides is 2. The van der Waals surface area contributed by atoms with Crippen molar-refractivity contribution in [2.24, 2.45) is 11.5 Å². The van der Waals surface area contributed by atoms with E-state index < -0.39 is 11.9 Å². The van der Waals surface area contributed by atoms with Gasteiger partial charge >= 0.3 is 0 Å². The van der Waals surface area contributed by atoms with Crippen molar-refractivity contribution in [3.8, 4) is 0 Å². The standard InChI is InChI=1S/C16H19ClN4O2/c17-10-2-3-13-12(5-10)9(7-20-13)1-4-15(22)21-8-11(18)6-14(21)16(19)23/h2-3,5,7,11,14,20H,1,4,6,8,18H2,(H2,19,23)/t11-,14+/m1/s1. The third kappa shape index (κ3) is 3.18. The van der Waals surface area contributed by atoms with Gasteiger partial charge in [0, 0.05) is 41.1 Å². The minimum absolute atomic E-state index is 0.0990. The lowest BCUT2D eigenvalue weighted by Crippen LogP contribution is -2.43. The Bertz CT molecular complexity index is 758. The van der Waals surface area contributed by atoms with Crippen molar-refractivity contribution < 1.29 is 9.59 Å². The molecule has 1 fully saturated rings. The first-order chi connectivity index (χ1) is 11.0. The summed E-state index contributed by atoms with van der Waals surface area (Å²) in [6, 6.07) is 4.83. The van der Waals surface area contributed by atoms with Crippen molar-refractivity contribution in [1.29, 1.82) is 0 Å². The van der Waals surface area contributed by atoms with Crippen LogP contribution in [0, 0.1) is 0 Å². The molecule has 0 spiro atoms. The third-order valence-corrected chi connectivity index (χ3v) is 4.55. The number of hydrogen-bond acceptors (Lipinski definition) is 3. The molecule has 3 rings (SSSR count). The molecule has 7 heteroatoms. The summed E-state index contributed by atoms with van der Waals surface area (Å²) in [5, 5.41) is 1.67. The van der Waals surface area contributed by atoms with E-state index >= 15 is 0 Å². The average molecular weight is 335 g/mol. The number of hydrogen-bond donors (Lipinski definition) is 3. The van der Waals surface area contributed by atoms with Gasteiger partial charge in [-0.05, 0) is 36.6 Å². The second-order valence-electron chi connectivity index (χ2n) is 5.96. The fourth-order valence-corrected chi connectivity index (χ4v) is 3.33. The Hall–Kier alpha value is -2.05. The summed E-state index contributed by atoms with van der Waals surface area (Å²) in [4.78, 5) is 28.6. The van der Waals surface area contributed by atoms with Crippen LogP contribution in [-0.4, -0.2) is 40.3 Å². The summed E-state index contributed by atoms with van der Waals surface area (Å²) in [5.74, 6) is -0.594. The number of halogens is 1. The average Bonchev–Trinajstić information content (AvgIpc) is 3.08. The number of primary amides is 1. The van der Waals surface area contributed by atoms with Gasteiger partial charge < -0.3 is 21.4 Å². The first-order valence-corrected chi connectivity index (χ1v) is 7.93. The van der Waals surface area contributed by atoms with Gasteiger partial charge in [-0.15, -0.1) is 0 Å². The summed E-state index contributed by atoms with van der Waals surface area (Å²) in [5.41, 5.74) is 13.2. The van der Waals surface area contributed by atoms with Crippen LogP contribution < -0.4 is 11.5 Å². The van der Waals surface area contributed by atoms with Crippen molar-refractivity contribution in [2.45, 2.75) is 31.3 Å². The Morgan fingerprint density at radius 1 is 1.39 bits per heavy atom. The molecule has 0 unspecified atom stereocenters. The second-order valence-corrected chi connectivity index (χ2v) is 6.40. The molecule has 1 aliphatic rings. The SMILES string of the molecule is NC(=O)[C@@H]1C[C@@H](N)CN1C(=O)CCc1c[nH]c2ccc(Cl)cc12. The van der Waals surface area contributed by atoms with E-state index in [4.69, 9.17) is 23.1 Å². The van der Waals surface area contributed by atoms with Crippen LogP contribution in [0.4, 0.5) is 0 Å². The minimum Gasteiger partial charge on any atom is -0.368 e. The number of nitrogens with one attached hydrogen (secondary N) is 1. The molecule has 2 heterocycles. The zero-order chi connectivity index (χ0) is 16.6. The maximum Gasteiger partial charge on any atom is 0.240 e. The molecule has 0 aliphatic carbocycles. The number of fused-ring (bicyclic) bond motifs is 1. The first kappa shape index (κ1) is 15.8. The highest BCUT2D eigenvalue weighted by atomic mass is 35.5. The fourth-order valence-electron chi connectivity index (χ4n) is 3.16. The van der Waals surface area contributed by atoms with Crippen LogP contribution in [-0.2, 0) is 16.0 Å². The van der Waals surface area contributed by atoms with Crippen LogP contribution >= 0.6 is 11.6 Å². The van der Waals surface area contributed by atoms with Crippen molar-refractivity contribution in [3.63, 3.8) is 0 Å². The molecule has 23 heavy (non-hydrogen) atoms. The van der Waals surface area contributed by atoms with Crippen molar-refractivity contribution >= 4 is 34.3 Å². The largest absolute Gasteiger partial charge is 0.368 e. The zero-order valence-electron chi connectivity index (χ0n) is 12.6. The van der Waals surface area contributed by atoms with Crippen LogP contribution in [0.15, 0.2) is 24.4 Å². The lowest BCUT2D eigenvalue weighted by molar-refractivity contribution is -0.137. The van der Waals surface area contributed by atoms with Crippen LogP contribution in [0.3, 0.4) is 0 Å². The summed E-state index contributed by atoms with van der Waals surface area (Å²) in [6.45, 7) is 0.381. The molecule has 2 atom stereocenters. The molecule has 0 radical (unpaired) electrons. The topological polar surface area (TPSA) is 105 Å². The number of carbonyl (C=O) groups is 2. The number of H-pyrrole nitrogens is 1. The van der Waals surface area contributed by atoms with E-state index in [1.807, 2.05) is 24.4 Å². The summed E-state index contributed by atoms with van der Waals surface area (Å²) in [6.07, 6.45) is 3.19. The van der Waals surface area contributed by atoms with Crippen LogP contribution in [0.1, 0.15) is 18.4 Å². The molecule has 0 saturated carbocycles. The number of benzene rings is 1. The van der Waals surface area contributed by atoms with E-state index in [1.54, 1.807) is 0 Å². The Kier molecular flexibility index (Phi) is 4.28. The molecule has 6 nitrogen and oxygen atoms in total. The van der Waals surface area contributed by atoms with E-state index in [9.17, 15) is 9.59 Å². The monoisotopic (exact) mass is 334 g/mol. The van der Waals surface area contributed by atoms with Crippen LogP contribution in [0.2, 0.25) is 5.02 Å². The van der Waals surface area contributed by atoms with Crippen LogP contribution in [0.25, 0.3) is 10.9 Å². The molecule has 2 aromatic rings. The van der Waals surface area contributed by atoms with Gasteiger partial charge in [0.05, 0.1) is 0 Å². The van der Waals surface area contributed by atoms with E-state index in [-0.39, 0.29) is 11.9 Å². The highest BCUT2D eigenvalue weighted by molar-refractivity contribution is 6.31. The number of rotatable bonds is 4. The summed E-state index contributed by atoms with van der Waals surface area (Å²) < 4.78 is 0. The lowest BCUT2D eigenvalue weighted by Gasteiger charge is -2.22. The minimum atomic E-state index is -0.588.